The molecule has 0 atom stereocenters. The summed E-state index contributed by atoms with van der Waals surface area (Å²) in [6.45, 7) is 2.50. The third-order valence-electron chi connectivity index (χ3n) is 3.60. The Morgan fingerprint density at radius 3 is 1.76 bits per heavy atom. The Labute approximate surface area is 127 Å². The number of nitrogens with one attached hydrogen (secondary N) is 1. The first-order valence-corrected chi connectivity index (χ1v) is 9.13. The molecule has 0 spiro atoms. The molecule has 0 radical (unpaired) electrons. The fourth-order valence-corrected chi connectivity index (χ4v) is 4.16. The second kappa shape index (κ2) is 7.29. The van der Waals surface area contributed by atoms with Crippen LogP contribution < -0.4 is 19.4 Å². The molecule has 1 N–H and O–H groups in total. The summed E-state index contributed by atoms with van der Waals surface area (Å²) in [6.07, 6.45) is 4.22. The zero-order valence-corrected chi connectivity index (χ0v) is 13.3. The molecule has 0 aromatic heterocycles. The van der Waals surface area contributed by atoms with E-state index in [4.69, 9.17) is 8.85 Å². The van der Waals surface area contributed by atoms with Crippen LogP contribution in [0.3, 0.4) is 0 Å². The van der Waals surface area contributed by atoms with Crippen molar-refractivity contribution in [3.63, 3.8) is 0 Å². The molecular weight excluding hydrogens is 278 g/mol. The van der Waals surface area contributed by atoms with Gasteiger partial charge in [-0.3, -0.25) is 0 Å². The largest absolute Gasteiger partial charge is 0.508 e. The minimum absolute atomic E-state index is 0.873. The van der Waals surface area contributed by atoms with Crippen molar-refractivity contribution in [3.8, 4) is 11.5 Å². The van der Waals surface area contributed by atoms with Gasteiger partial charge in [0.15, 0.2) is 0 Å². The number of piperidine rings is 1. The van der Waals surface area contributed by atoms with E-state index in [1.165, 1.54) is 37.5 Å². The van der Waals surface area contributed by atoms with E-state index in [0.717, 1.165) is 11.5 Å². The summed E-state index contributed by atoms with van der Waals surface area (Å²) in [4.78, 5) is 0. The van der Waals surface area contributed by atoms with Crippen LogP contribution in [-0.4, -0.2) is 22.4 Å². The highest BCUT2D eigenvalue weighted by molar-refractivity contribution is 6.63. The quantitative estimate of drug-likeness (QED) is 0.820. The summed E-state index contributed by atoms with van der Waals surface area (Å²) in [5.74, 6) is 1.75. The predicted octanol–water partition coefficient (Wildman–Crippen LogP) is 2.35. The van der Waals surface area contributed by atoms with Crippen molar-refractivity contribution in [2.24, 2.45) is 0 Å². The van der Waals surface area contributed by atoms with Crippen molar-refractivity contribution in [1.82, 2.24) is 5.32 Å². The Morgan fingerprint density at radius 1 is 0.714 bits per heavy atom. The lowest BCUT2D eigenvalue weighted by Gasteiger charge is -2.08. The molecule has 110 valence electrons. The Kier molecular flexibility index (Phi) is 4.92. The molecule has 4 heteroatoms. The highest BCUT2D eigenvalue weighted by Gasteiger charge is 2.28. The van der Waals surface area contributed by atoms with Crippen molar-refractivity contribution >= 4 is 14.5 Å². The number of para-hydroxylation sites is 2. The lowest BCUT2D eigenvalue weighted by Crippen LogP contribution is -2.38. The molecule has 1 fully saturated rings. The summed E-state index contributed by atoms with van der Waals surface area (Å²) in [5, 5.41) is 4.46. The van der Waals surface area contributed by atoms with Crippen LogP contribution >= 0.6 is 0 Å². The minimum atomic E-state index is -1.73. The first-order valence-electron chi connectivity index (χ1n) is 7.61. The van der Waals surface area contributed by atoms with Crippen LogP contribution in [0.5, 0.6) is 11.5 Å². The van der Waals surface area contributed by atoms with Crippen molar-refractivity contribution in [3.05, 3.63) is 54.6 Å². The number of hydrogen-bond donors (Lipinski definition) is 1. The predicted molar refractivity (Wildman–Crippen MR) is 87.6 cm³/mol. The number of fused-ring (bicyclic) bond motifs is 1. The highest BCUT2D eigenvalue weighted by atomic mass is 28.3. The Hall–Kier alpha value is -1.78. The van der Waals surface area contributed by atoms with Gasteiger partial charge in [-0.05, 0) is 38.1 Å². The van der Waals surface area contributed by atoms with E-state index in [2.05, 4.69) is 17.4 Å². The molecule has 2 aliphatic heterocycles. The van der Waals surface area contributed by atoms with E-state index in [1.54, 1.807) is 0 Å². The van der Waals surface area contributed by atoms with Crippen LogP contribution in [0.15, 0.2) is 54.6 Å². The lowest BCUT2D eigenvalue weighted by molar-refractivity contribution is 0.519. The maximum absolute atomic E-state index is 5.81. The highest BCUT2D eigenvalue weighted by Crippen LogP contribution is 2.32. The van der Waals surface area contributed by atoms with Gasteiger partial charge in [-0.15, -0.1) is 0 Å². The van der Waals surface area contributed by atoms with Crippen LogP contribution in [0.4, 0.5) is 0 Å². The van der Waals surface area contributed by atoms with E-state index < -0.39 is 9.28 Å². The normalized spacial score (nSPS) is 17.0. The SMILES string of the molecule is C1CCNCC1.c1ccc([SiH]2Oc3ccccc3O2)cc1. The van der Waals surface area contributed by atoms with Gasteiger partial charge in [0.2, 0.25) is 0 Å². The third-order valence-corrected chi connectivity index (χ3v) is 5.46. The number of benzene rings is 2. The molecular formula is C17H21NO2Si. The molecule has 4 rings (SSSR count). The molecule has 0 unspecified atom stereocenters. The Morgan fingerprint density at radius 2 is 1.29 bits per heavy atom. The lowest BCUT2D eigenvalue weighted by atomic mass is 10.2. The van der Waals surface area contributed by atoms with Gasteiger partial charge < -0.3 is 14.2 Å². The molecule has 3 nitrogen and oxygen atoms in total. The summed E-state index contributed by atoms with van der Waals surface area (Å²) >= 11 is 0. The van der Waals surface area contributed by atoms with Crippen LogP contribution in [0.1, 0.15) is 19.3 Å². The molecule has 21 heavy (non-hydrogen) atoms. The molecule has 2 aromatic rings. The second-order valence-corrected chi connectivity index (χ2v) is 7.04. The van der Waals surface area contributed by atoms with Crippen LogP contribution in [0, 0.1) is 0 Å². The topological polar surface area (TPSA) is 30.5 Å². The Balaban J connectivity index is 0.000000186. The maximum Gasteiger partial charge on any atom is 0.479 e. The van der Waals surface area contributed by atoms with Crippen molar-refractivity contribution < 1.29 is 8.85 Å². The van der Waals surface area contributed by atoms with Crippen molar-refractivity contribution in [2.45, 2.75) is 19.3 Å². The summed E-state index contributed by atoms with van der Waals surface area (Å²) < 4.78 is 11.6. The zero-order valence-electron chi connectivity index (χ0n) is 12.1. The Bertz CT molecular complexity index is 521. The van der Waals surface area contributed by atoms with Crippen LogP contribution in [0.2, 0.25) is 0 Å². The summed E-state index contributed by atoms with van der Waals surface area (Å²) in [7, 11) is -1.73. The summed E-state index contributed by atoms with van der Waals surface area (Å²) in [6, 6.07) is 18.0. The minimum Gasteiger partial charge on any atom is -0.508 e. The third kappa shape index (κ3) is 3.86. The van der Waals surface area contributed by atoms with Gasteiger partial charge in [-0.25, -0.2) is 0 Å². The first-order chi connectivity index (χ1) is 10.4. The molecule has 2 aliphatic rings. The monoisotopic (exact) mass is 299 g/mol. The number of hydrogen-bond acceptors (Lipinski definition) is 3. The van der Waals surface area contributed by atoms with Gasteiger partial charge in [0, 0.05) is 5.19 Å². The summed E-state index contributed by atoms with van der Waals surface area (Å²) in [5.41, 5.74) is 0. The van der Waals surface area contributed by atoms with Crippen molar-refractivity contribution in [1.29, 1.82) is 0 Å². The van der Waals surface area contributed by atoms with E-state index in [9.17, 15) is 0 Å². The van der Waals surface area contributed by atoms with Crippen molar-refractivity contribution in [2.75, 3.05) is 13.1 Å². The molecule has 1 saturated heterocycles. The molecule has 0 bridgehead atoms. The second-order valence-electron chi connectivity index (χ2n) is 5.24. The van der Waals surface area contributed by atoms with E-state index in [1.807, 2.05) is 42.5 Å². The smallest absolute Gasteiger partial charge is 0.479 e. The molecule has 2 heterocycles. The fourth-order valence-electron chi connectivity index (χ4n) is 2.45. The maximum atomic E-state index is 5.81. The van der Waals surface area contributed by atoms with Gasteiger partial charge in [-0.2, -0.15) is 0 Å². The molecule has 0 amide bonds. The molecule has 2 aromatic carbocycles. The van der Waals surface area contributed by atoms with Gasteiger partial charge in [0.05, 0.1) is 0 Å². The zero-order chi connectivity index (χ0) is 14.3. The molecule has 0 saturated carbocycles. The van der Waals surface area contributed by atoms with Gasteiger partial charge in [-0.1, -0.05) is 48.9 Å². The first kappa shape index (κ1) is 14.2. The van der Waals surface area contributed by atoms with E-state index >= 15 is 0 Å². The van der Waals surface area contributed by atoms with E-state index in [-0.39, 0.29) is 0 Å². The fraction of sp³-hybridized carbons (Fsp3) is 0.294. The average molecular weight is 299 g/mol. The number of rotatable bonds is 1. The van der Waals surface area contributed by atoms with E-state index in [0.29, 0.717) is 0 Å². The van der Waals surface area contributed by atoms with Crippen LogP contribution in [-0.2, 0) is 0 Å². The van der Waals surface area contributed by atoms with Crippen LogP contribution in [0.25, 0.3) is 0 Å². The molecule has 0 aliphatic carbocycles. The average Bonchev–Trinajstić information content (AvgIpc) is 3.02. The van der Waals surface area contributed by atoms with Gasteiger partial charge >= 0.3 is 9.28 Å². The standard InChI is InChI=1S/C12H10O2Si.C5H11N/c1-2-6-10(7-3-1)15-13-11-8-4-5-9-12(11)14-15;1-2-4-6-5-3-1/h1-9,15H;6H,1-5H2. The van der Waals surface area contributed by atoms with Gasteiger partial charge in [0.1, 0.15) is 11.5 Å². The van der Waals surface area contributed by atoms with Gasteiger partial charge in [0.25, 0.3) is 0 Å².